The van der Waals surface area contributed by atoms with Crippen molar-refractivity contribution in [1.82, 2.24) is 0 Å². The zero-order chi connectivity index (χ0) is 11.1. The van der Waals surface area contributed by atoms with Crippen molar-refractivity contribution in [3.63, 3.8) is 0 Å². The zero-order valence-corrected chi connectivity index (χ0v) is 9.37. The van der Waals surface area contributed by atoms with Crippen molar-refractivity contribution in [3.05, 3.63) is 35.6 Å². The molecular weight excluding hydrogens is 188 g/mol. The molecule has 0 bridgehead atoms. The highest BCUT2D eigenvalue weighted by atomic mass is 16.4. The molecule has 2 nitrogen and oxygen atoms in total. The van der Waals surface area contributed by atoms with E-state index >= 15 is 0 Å². The van der Waals surface area contributed by atoms with Gasteiger partial charge in [0, 0.05) is 10.9 Å². The highest BCUT2D eigenvalue weighted by molar-refractivity contribution is 5.82. The zero-order valence-electron chi connectivity index (χ0n) is 9.37. The molecule has 0 saturated heterocycles. The monoisotopic (exact) mass is 204 g/mol. The minimum Gasteiger partial charge on any atom is -0.458 e. The van der Waals surface area contributed by atoms with Gasteiger partial charge in [-0.25, -0.2) is 0 Å². The Morgan fingerprint density at radius 2 is 2.00 bits per heavy atom. The maximum absolute atomic E-state index is 9.04. The molecular formula is C13H16O2. The fourth-order valence-electron chi connectivity index (χ4n) is 1.78. The number of furan rings is 1. The van der Waals surface area contributed by atoms with Crippen molar-refractivity contribution >= 4 is 11.0 Å². The number of hydrogen-bond donors (Lipinski definition) is 1. The Kier molecular flexibility index (Phi) is 2.31. The summed E-state index contributed by atoms with van der Waals surface area (Å²) in [6, 6.07) is 8.00. The molecule has 1 aromatic carbocycles. The predicted molar refractivity (Wildman–Crippen MR) is 60.8 cm³/mol. The van der Waals surface area contributed by atoms with E-state index in [1.807, 2.05) is 18.2 Å². The fourth-order valence-corrected chi connectivity index (χ4v) is 1.78. The molecule has 0 radical (unpaired) electrons. The van der Waals surface area contributed by atoms with E-state index in [0.717, 1.165) is 11.0 Å². The fraction of sp³-hybridized carbons (Fsp3) is 0.385. The van der Waals surface area contributed by atoms with Gasteiger partial charge < -0.3 is 9.52 Å². The number of benzene rings is 1. The smallest absolute Gasteiger partial charge is 0.138 e. The highest BCUT2D eigenvalue weighted by Gasteiger charge is 2.19. The molecule has 2 aromatic rings. The molecule has 0 saturated carbocycles. The molecule has 1 aromatic heterocycles. The minimum absolute atomic E-state index is 0.0434. The molecule has 2 heteroatoms. The van der Waals surface area contributed by atoms with Crippen molar-refractivity contribution < 1.29 is 9.52 Å². The Morgan fingerprint density at radius 1 is 1.27 bits per heavy atom. The van der Waals surface area contributed by atoms with Crippen LogP contribution < -0.4 is 0 Å². The minimum atomic E-state index is -0.0434. The summed E-state index contributed by atoms with van der Waals surface area (Å²) in [6.45, 7) is 6.42. The maximum Gasteiger partial charge on any atom is 0.138 e. The molecule has 15 heavy (non-hydrogen) atoms. The van der Waals surface area contributed by atoms with Crippen LogP contribution in [0.4, 0.5) is 0 Å². The van der Waals surface area contributed by atoms with Gasteiger partial charge >= 0.3 is 0 Å². The molecule has 0 aliphatic carbocycles. The van der Waals surface area contributed by atoms with Crippen LogP contribution in [-0.2, 0) is 12.0 Å². The van der Waals surface area contributed by atoms with Gasteiger partial charge in [-0.2, -0.15) is 0 Å². The Morgan fingerprint density at radius 3 is 2.60 bits per heavy atom. The molecule has 0 spiro atoms. The van der Waals surface area contributed by atoms with Crippen molar-refractivity contribution in [2.45, 2.75) is 32.8 Å². The second-order valence-corrected chi connectivity index (χ2v) is 4.84. The van der Waals surface area contributed by atoms with E-state index < -0.39 is 0 Å². The van der Waals surface area contributed by atoms with Gasteiger partial charge in [0.2, 0.25) is 0 Å². The average Bonchev–Trinajstić information content (AvgIpc) is 2.57. The third kappa shape index (κ3) is 1.77. The van der Waals surface area contributed by atoms with Gasteiger partial charge in [-0.05, 0) is 11.5 Å². The van der Waals surface area contributed by atoms with E-state index in [1.54, 1.807) is 0 Å². The van der Waals surface area contributed by atoms with Gasteiger partial charge in [-0.15, -0.1) is 0 Å². The molecule has 1 N–H and O–H groups in total. The summed E-state index contributed by atoms with van der Waals surface area (Å²) in [4.78, 5) is 0. The van der Waals surface area contributed by atoms with Crippen molar-refractivity contribution in [2.24, 2.45) is 0 Å². The largest absolute Gasteiger partial charge is 0.458 e. The van der Waals surface area contributed by atoms with Crippen LogP contribution in [0, 0.1) is 0 Å². The second-order valence-electron chi connectivity index (χ2n) is 4.84. The summed E-state index contributed by atoms with van der Waals surface area (Å²) >= 11 is 0. The average molecular weight is 204 g/mol. The Hall–Kier alpha value is -1.28. The van der Waals surface area contributed by atoms with Crippen LogP contribution in [0.15, 0.2) is 28.7 Å². The number of fused-ring (bicyclic) bond motifs is 1. The van der Waals surface area contributed by atoms with Gasteiger partial charge in [0.1, 0.15) is 18.0 Å². The van der Waals surface area contributed by atoms with Gasteiger partial charge in [0.05, 0.1) is 0 Å². The lowest BCUT2D eigenvalue weighted by atomic mass is 9.86. The molecule has 2 rings (SSSR count). The normalized spacial score (nSPS) is 12.3. The summed E-state index contributed by atoms with van der Waals surface area (Å²) in [6.07, 6.45) is 0. The number of rotatable bonds is 1. The number of hydrogen-bond acceptors (Lipinski definition) is 2. The molecule has 0 aliphatic rings. The molecule has 80 valence electrons. The van der Waals surface area contributed by atoms with Crippen LogP contribution in [0.25, 0.3) is 11.0 Å². The van der Waals surface area contributed by atoms with E-state index in [-0.39, 0.29) is 12.0 Å². The standard InChI is InChI=1S/C13H16O2/c1-13(2,3)11-6-4-5-9-7-10(8-14)15-12(9)11/h4-7,14H,8H2,1-3H3. The van der Waals surface area contributed by atoms with Crippen molar-refractivity contribution in [2.75, 3.05) is 0 Å². The first-order chi connectivity index (χ1) is 7.02. The molecule has 0 atom stereocenters. The van der Waals surface area contributed by atoms with Gasteiger partial charge in [0.15, 0.2) is 0 Å². The molecule has 0 fully saturated rings. The summed E-state index contributed by atoms with van der Waals surface area (Å²) in [5.41, 5.74) is 2.14. The lowest BCUT2D eigenvalue weighted by Gasteiger charge is -2.18. The highest BCUT2D eigenvalue weighted by Crippen LogP contribution is 2.31. The second kappa shape index (κ2) is 3.38. The molecule has 0 aliphatic heterocycles. The first kappa shape index (κ1) is 10.2. The maximum atomic E-state index is 9.04. The third-order valence-corrected chi connectivity index (χ3v) is 2.56. The third-order valence-electron chi connectivity index (χ3n) is 2.56. The Bertz CT molecular complexity index is 475. The van der Waals surface area contributed by atoms with Crippen LogP contribution in [0.1, 0.15) is 32.1 Å². The number of aliphatic hydroxyl groups excluding tert-OH is 1. The number of aliphatic hydroxyl groups is 1. The van der Waals surface area contributed by atoms with Crippen LogP contribution >= 0.6 is 0 Å². The Balaban J connectivity index is 2.70. The first-order valence-electron chi connectivity index (χ1n) is 5.15. The van der Waals surface area contributed by atoms with Gasteiger partial charge in [-0.1, -0.05) is 39.0 Å². The number of para-hydroxylation sites is 1. The lowest BCUT2D eigenvalue weighted by molar-refractivity contribution is 0.250. The van der Waals surface area contributed by atoms with Crippen LogP contribution in [0.2, 0.25) is 0 Å². The summed E-state index contributed by atoms with van der Waals surface area (Å²) in [5, 5.41) is 10.1. The Labute approximate surface area is 89.5 Å². The van der Waals surface area contributed by atoms with Gasteiger partial charge in [0.25, 0.3) is 0 Å². The summed E-state index contributed by atoms with van der Waals surface area (Å²) in [5.74, 6) is 0.627. The molecule has 0 unspecified atom stereocenters. The molecule has 0 amide bonds. The predicted octanol–water partition coefficient (Wildman–Crippen LogP) is 3.22. The van der Waals surface area contributed by atoms with Crippen LogP contribution in [0.5, 0.6) is 0 Å². The van der Waals surface area contributed by atoms with Crippen LogP contribution in [-0.4, -0.2) is 5.11 Å². The van der Waals surface area contributed by atoms with E-state index in [1.165, 1.54) is 5.56 Å². The van der Waals surface area contributed by atoms with E-state index in [4.69, 9.17) is 9.52 Å². The first-order valence-corrected chi connectivity index (χ1v) is 5.15. The summed E-state index contributed by atoms with van der Waals surface area (Å²) in [7, 11) is 0. The van der Waals surface area contributed by atoms with Gasteiger partial charge in [-0.3, -0.25) is 0 Å². The van der Waals surface area contributed by atoms with Crippen molar-refractivity contribution in [1.29, 1.82) is 0 Å². The quantitative estimate of drug-likeness (QED) is 0.773. The topological polar surface area (TPSA) is 33.4 Å². The lowest BCUT2D eigenvalue weighted by Crippen LogP contribution is -2.10. The van der Waals surface area contributed by atoms with Crippen LogP contribution in [0.3, 0.4) is 0 Å². The van der Waals surface area contributed by atoms with E-state index in [9.17, 15) is 0 Å². The van der Waals surface area contributed by atoms with E-state index in [0.29, 0.717) is 5.76 Å². The molecule has 1 heterocycles. The van der Waals surface area contributed by atoms with Crippen molar-refractivity contribution in [3.8, 4) is 0 Å². The van der Waals surface area contributed by atoms with E-state index in [2.05, 4.69) is 26.8 Å². The SMILES string of the molecule is CC(C)(C)c1cccc2cc(CO)oc12. The summed E-state index contributed by atoms with van der Waals surface area (Å²) < 4.78 is 5.62.